The van der Waals surface area contributed by atoms with E-state index in [1.807, 2.05) is 0 Å². The number of anilines is 1. The highest BCUT2D eigenvalue weighted by Crippen LogP contribution is 2.20. The van der Waals surface area contributed by atoms with Crippen LogP contribution in [0.5, 0.6) is 0 Å². The molecule has 0 bridgehead atoms. The number of hydrogen-bond donors (Lipinski definition) is 1. The number of halogens is 1. The maximum absolute atomic E-state index is 12.5. The Hall–Kier alpha value is -1.84. The van der Waals surface area contributed by atoms with Crippen molar-refractivity contribution >= 4 is 6.01 Å². The van der Waals surface area contributed by atoms with Gasteiger partial charge in [-0.2, -0.15) is 0 Å². The molecular weight excluding hydrogens is 171 g/mol. The minimum atomic E-state index is -0.281. The number of nitrogens with zero attached hydrogens (tertiary/aromatic N) is 1. The van der Waals surface area contributed by atoms with Gasteiger partial charge in [-0.05, 0) is 24.3 Å². The van der Waals surface area contributed by atoms with E-state index in [2.05, 4.69) is 4.98 Å². The second-order valence-corrected chi connectivity index (χ2v) is 2.57. The molecule has 1 aromatic heterocycles. The third-order valence-corrected chi connectivity index (χ3v) is 1.65. The molecular formula is C9H7FN2O. The Morgan fingerprint density at radius 1 is 1.23 bits per heavy atom. The molecule has 0 atom stereocenters. The van der Waals surface area contributed by atoms with Gasteiger partial charge in [-0.1, -0.05) is 0 Å². The Morgan fingerprint density at radius 2 is 1.92 bits per heavy atom. The van der Waals surface area contributed by atoms with E-state index in [1.54, 1.807) is 12.1 Å². The lowest BCUT2D eigenvalue weighted by Crippen LogP contribution is -1.80. The van der Waals surface area contributed by atoms with Crippen molar-refractivity contribution in [2.45, 2.75) is 0 Å². The summed E-state index contributed by atoms with van der Waals surface area (Å²) in [5, 5.41) is 0. The maximum atomic E-state index is 12.5. The van der Waals surface area contributed by atoms with Crippen LogP contribution in [0, 0.1) is 5.82 Å². The van der Waals surface area contributed by atoms with E-state index in [4.69, 9.17) is 10.2 Å². The van der Waals surface area contributed by atoms with Crippen LogP contribution in [0.15, 0.2) is 34.9 Å². The third-order valence-electron chi connectivity index (χ3n) is 1.65. The van der Waals surface area contributed by atoms with Crippen LogP contribution in [0.25, 0.3) is 11.3 Å². The van der Waals surface area contributed by atoms with E-state index in [9.17, 15) is 4.39 Å². The molecule has 0 saturated carbocycles. The first-order chi connectivity index (χ1) is 6.25. The predicted octanol–water partition coefficient (Wildman–Crippen LogP) is 2.06. The Morgan fingerprint density at radius 3 is 2.46 bits per heavy atom. The SMILES string of the molecule is Nc1ncc(-c2ccc(F)cc2)o1. The summed E-state index contributed by atoms with van der Waals surface area (Å²) in [5.74, 6) is 0.258. The van der Waals surface area contributed by atoms with Crippen molar-refractivity contribution in [3.8, 4) is 11.3 Å². The molecule has 13 heavy (non-hydrogen) atoms. The number of oxazole rings is 1. The molecule has 0 spiro atoms. The fourth-order valence-corrected chi connectivity index (χ4v) is 1.04. The molecule has 1 heterocycles. The number of aromatic nitrogens is 1. The van der Waals surface area contributed by atoms with Gasteiger partial charge < -0.3 is 10.2 Å². The zero-order valence-corrected chi connectivity index (χ0v) is 6.70. The highest BCUT2D eigenvalue weighted by atomic mass is 19.1. The molecule has 0 unspecified atom stereocenters. The minimum absolute atomic E-state index is 0.110. The van der Waals surface area contributed by atoms with E-state index in [1.165, 1.54) is 18.3 Å². The molecule has 0 amide bonds. The van der Waals surface area contributed by atoms with Gasteiger partial charge in [0.05, 0.1) is 6.20 Å². The van der Waals surface area contributed by atoms with Crippen molar-refractivity contribution < 1.29 is 8.81 Å². The molecule has 2 N–H and O–H groups in total. The van der Waals surface area contributed by atoms with Crippen molar-refractivity contribution in [1.82, 2.24) is 4.98 Å². The van der Waals surface area contributed by atoms with Gasteiger partial charge in [-0.15, -0.1) is 0 Å². The van der Waals surface area contributed by atoms with E-state index >= 15 is 0 Å². The van der Waals surface area contributed by atoms with Crippen LogP contribution in [-0.4, -0.2) is 4.98 Å². The summed E-state index contributed by atoms with van der Waals surface area (Å²) in [7, 11) is 0. The first-order valence-electron chi connectivity index (χ1n) is 3.73. The monoisotopic (exact) mass is 178 g/mol. The summed E-state index contributed by atoms with van der Waals surface area (Å²) in [6.45, 7) is 0. The Labute approximate surface area is 74.0 Å². The van der Waals surface area contributed by atoms with Crippen LogP contribution < -0.4 is 5.73 Å². The van der Waals surface area contributed by atoms with Crippen molar-refractivity contribution in [1.29, 1.82) is 0 Å². The van der Waals surface area contributed by atoms with E-state index in [-0.39, 0.29) is 11.8 Å². The minimum Gasteiger partial charge on any atom is -0.424 e. The lowest BCUT2D eigenvalue weighted by Gasteiger charge is -1.93. The molecule has 0 radical (unpaired) electrons. The molecule has 0 aliphatic heterocycles. The third kappa shape index (κ3) is 1.51. The molecule has 4 heteroatoms. The first-order valence-corrected chi connectivity index (χ1v) is 3.73. The largest absolute Gasteiger partial charge is 0.424 e. The van der Waals surface area contributed by atoms with Gasteiger partial charge in [0.15, 0.2) is 5.76 Å². The highest BCUT2D eigenvalue weighted by molar-refractivity contribution is 5.56. The average Bonchev–Trinajstić information content (AvgIpc) is 2.53. The Bertz CT molecular complexity index is 408. The molecule has 66 valence electrons. The summed E-state index contributed by atoms with van der Waals surface area (Å²) in [4.78, 5) is 3.73. The van der Waals surface area contributed by atoms with Gasteiger partial charge in [-0.3, -0.25) is 0 Å². The van der Waals surface area contributed by atoms with Gasteiger partial charge in [0.1, 0.15) is 5.82 Å². The van der Waals surface area contributed by atoms with Gasteiger partial charge in [0, 0.05) is 5.56 Å². The topological polar surface area (TPSA) is 52.0 Å². The lowest BCUT2D eigenvalue weighted by atomic mass is 10.2. The van der Waals surface area contributed by atoms with E-state index < -0.39 is 0 Å². The fraction of sp³-hybridized carbons (Fsp3) is 0. The zero-order chi connectivity index (χ0) is 9.26. The molecule has 2 rings (SSSR count). The molecule has 0 fully saturated rings. The van der Waals surface area contributed by atoms with E-state index in [0.29, 0.717) is 5.76 Å². The maximum Gasteiger partial charge on any atom is 0.292 e. The summed E-state index contributed by atoms with van der Waals surface area (Å²) >= 11 is 0. The van der Waals surface area contributed by atoms with Gasteiger partial charge in [0.2, 0.25) is 0 Å². The van der Waals surface area contributed by atoms with Crippen molar-refractivity contribution in [3.05, 3.63) is 36.3 Å². The number of hydrogen-bond acceptors (Lipinski definition) is 3. The Balaban J connectivity index is 2.41. The smallest absolute Gasteiger partial charge is 0.292 e. The lowest BCUT2D eigenvalue weighted by molar-refractivity contribution is 0.594. The molecule has 0 aliphatic carbocycles. The highest BCUT2D eigenvalue weighted by Gasteiger charge is 2.02. The molecule has 0 saturated heterocycles. The number of nitrogens with two attached hydrogens (primary N) is 1. The van der Waals surface area contributed by atoms with Crippen LogP contribution in [-0.2, 0) is 0 Å². The second kappa shape index (κ2) is 2.90. The summed E-state index contributed by atoms with van der Waals surface area (Å²) in [6.07, 6.45) is 1.50. The van der Waals surface area contributed by atoms with Crippen LogP contribution in [0.2, 0.25) is 0 Å². The van der Waals surface area contributed by atoms with E-state index in [0.717, 1.165) is 5.56 Å². The number of rotatable bonds is 1. The normalized spacial score (nSPS) is 10.2. The van der Waals surface area contributed by atoms with Gasteiger partial charge in [-0.25, -0.2) is 9.37 Å². The van der Waals surface area contributed by atoms with Gasteiger partial charge >= 0.3 is 0 Å². The second-order valence-electron chi connectivity index (χ2n) is 2.57. The molecule has 0 aliphatic rings. The van der Waals surface area contributed by atoms with Crippen LogP contribution in [0.1, 0.15) is 0 Å². The van der Waals surface area contributed by atoms with Crippen molar-refractivity contribution in [2.24, 2.45) is 0 Å². The zero-order valence-electron chi connectivity index (χ0n) is 6.70. The predicted molar refractivity (Wildman–Crippen MR) is 46.3 cm³/mol. The first kappa shape index (κ1) is 7.79. The summed E-state index contributed by atoms with van der Waals surface area (Å²) in [5.41, 5.74) is 6.05. The standard InChI is InChI=1S/C9H7FN2O/c10-7-3-1-6(2-4-7)8-5-12-9(11)13-8/h1-5H,(H2,11,12). The van der Waals surface area contributed by atoms with Crippen LogP contribution in [0.3, 0.4) is 0 Å². The number of benzene rings is 1. The van der Waals surface area contributed by atoms with Crippen molar-refractivity contribution in [2.75, 3.05) is 5.73 Å². The molecule has 2 aromatic rings. The summed E-state index contributed by atoms with van der Waals surface area (Å²) < 4.78 is 17.6. The van der Waals surface area contributed by atoms with Gasteiger partial charge in [0.25, 0.3) is 6.01 Å². The Kier molecular flexibility index (Phi) is 1.73. The quantitative estimate of drug-likeness (QED) is 0.727. The van der Waals surface area contributed by atoms with Crippen LogP contribution in [0.4, 0.5) is 10.4 Å². The average molecular weight is 178 g/mol. The molecule has 1 aromatic carbocycles. The molecule has 3 nitrogen and oxygen atoms in total. The number of nitrogen functional groups attached to an aromatic ring is 1. The fourth-order valence-electron chi connectivity index (χ4n) is 1.04. The van der Waals surface area contributed by atoms with Crippen LogP contribution >= 0.6 is 0 Å². The van der Waals surface area contributed by atoms with Crippen molar-refractivity contribution in [3.63, 3.8) is 0 Å². The summed E-state index contributed by atoms with van der Waals surface area (Å²) in [6, 6.07) is 6.03.